The number of benzene rings is 2. The van der Waals surface area contributed by atoms with Crippen molar-refractivity contribution < 1.29 is 19.1 Å². The van der Waals surface area contributed by atoms with Gasteiger partial charge in [-0.15, -0.1) is 0 Å². The number of hydrogen-bond acceptors (Lipinski definition) is 7. The van der Waals surface area contributed by atoms with Gasteiger partial charge in [0.15, 0.2) is 5.69 Å². The minimum atomic E-state index is -1.04. The number of nitrogen functional groups attached to an aromatic ring is 1. The van der Waals surface area contributed by atoms with Gasteiger partial charge in [0, 0.05) is 22.8 Å². The largest absolute Gasteiger partial charge is 0.497 e. The summed E-state index contributed by atoms with van der Waals surface area (Å²) in [4.78, 5) is 43.0. The van der Waals surface area contributed by atoms with E-state index in [1.54, 1.807) is 55.6 Å². The van der Waals surface area contributed by atoms with Crippen LogP contribution in [0.2, 0.25) is 5.02 Å². The van der Waals surface area contributed by atoms with Crippen LogP contribution in [0.5, 0.6) is 5.75 Å². The minimum absolute atomic E-state index is 0.00267. The molecule has 1 heterocycles. The van der Waals surface area contributed by atoms with Crippen molar-refractivity contribution in [1.29, 1.82) is 0 Å². The Balaban J connectivity index is 1.53. The number of methoxy groups -OCH3 is 1. The summed E-state index contributed by atoms with van der Waals surface area (Å²) < 4.78 is 9.63. The molecule has 0 saturated heterocycles. The lowest BCUT2D eigenvalue weighted by Crippen LogP contribution is -2.46. The molecule has 1 atom stereocenters. The van der Waals surface area contributed by atoms with E-state index in [9.17, 15) is 14.4 Å². The fraction of sp³-hybridized carbons (Fsp3) is 0.419. The smallest absolute Gasteiger partial charge is 0.273 e. The fourth-order valence-corrected chi connectivity index (χ4v) is 6.63. The molecule has 2 aliphatic carbocycles. The topological polar surface area (TPSA) is 127 Å². The highest BCUT2D eigenvalue weighted by atomic mass is 35.5. The van der Waals surface area contributed by atoms with Gasteiger partial charge < -0.3 is 21.1 Å². The van der Waals surface area contributed by atoms with E-state index in [0.717, 1.165) is 69.3 Å². The Bertz CT molecular complexity index is 1400. The van der Waals surface area contributed by atoms with E-state index in [4.69, 9.17) is 22.1 Å². The number of nitrogens with one attached hydrogen (secondary N) is 2. The second-order valence-corrected chi connectivity index (χ2v) is 12.1. The Morgan fingerprint density at radius 1 is 0.929 bits per heavy atom. The summed E-state index contributed by atoms with van der Waals surface area (Å²) in [5.74, 6) is -0.636. The van der Waals surface area contributed by atoms with E-state index in [0.29, 0.717) is 22.0 Å². The van der Waals surface area contributed by atoms with Crippen molar-refractivity contribution in [2.75, 3.05) is 17.7 Å². The number of halogens is 1. The molecule has 9 nitrogen and oxygen atoms in total. The maximum absolute atomic E-state index is 14.4. The van der Waals surface area contributed by atoms with Gasteiger partial charge in [-0.25, -0.2) is 0 Å². The van der Waals surface area contributed by atoms with Gasteiger partial charge in [0.05, 0.1) is 12.8 Å². The van der Waals surface area contributed by atoms with Gasteiger partial charge in [-0.2, -0.15) is 4.37 Å². The number of carbonyl (C=O) groups is 3. The van der Waals surface area contributed by atoms with E-state index in [1.807, 2.05) is 0 Å². The van der Waals surface area contributed by atoms with Crippen molar-refractivity contribution in [2.45, 2.75) is 75.9 Å². The Labute approximate surface area is 254 Å². The number of ether oxygens (including phenoxy) is 1. The third kappa shape index (κ3) is 6.71. The molecule has 5 rings (SSSR count). The number of nitrogens with zero attached hydrogens (tertiary/aromatic N) is 2. The molecule has 42 heavy (non-hydrogen) atoms. The summed E-state index contributed by atoms with van der Waals surface area (Å²) in [6, 6.07) is 12.8. The molecule has 2 saturated carbocycles. The van der Waals surface area contributed by atoms with Crippen LogP contribution in [0.4, 0.5) is 11.4 Å². The number of hydrogen-bond donors (Lipinski definition) is 3. The van der Waals surface area contributed by atoms with Crippen LogP contribution in [-0.2, 0) is 4.79 Å². The van der Waals surface area contributed by atoms with Crippen molar-refractivity contribution in [3.05, 3.63) is 69.7 Å². The lowest BCUT2D eigenvalue weighted by molar-refractivity contribution is -0.123. The normalized spacial score (nSPS) is 16.5. The first kappa shape index (κ1) is 29.8. The van der Waals surface area contributed by atoms with Crippen LogP contribution in [0, 0.1) is 0 Å². The molecule has 2 aromatic carbocycles. The molecule has 0 spiro atoms. The van der Waals surface area contributed by atoms with Crippen LogP contribution >= 0.6 is 23.1 Å². The second-order valence-electron chi connectivity index (χ2n) is 10.9. The van der Waals surface area contributed by atoms with Gasteiger partial charge in [-0.1, -0.05) is 55.8 Å². The first-order chi connectivity index (χ1) is 20.4. The van der Waals surface area contributed by atoms with E-state index in [-0.39, 0.29) is 40.2 Å². The lowest BCUT2D eigenvalue weighted by Gasteiger charge is -2.32. The average Bonchev–Trinajstić information content (AvgIpc) is 3.66. The molecule has 0 aliphatic heterocycles. The van der Waals surface area contributed by atoms with Crippen molar-refractivity contribution >= 4 is 52.2 Å². The summed E-state index contributed by atoms with van der Waals surface area (Å²) in [6.07, 6.45) is 8.96. The van der Waals surface area contributed by atoms with Crippen molar-refractivity contribution in [2.24, 2.45) is 0 Å². The summed E-state index contributed by atoms with van der Waals surface area (Å²) in [5, 5.41) is 6.69. The standard InChI is InChI=1S/C31H36ClN5O4S/c1-41-24-17-15-23(16-18-24)37(27(19-11-13-20(32)14-12-19)30(39)35-22-9-5-6-10-22)31(40)28-25(33)26(36-42-28)29(38)34-21-7-3-2-4-8-21/h11-18,21-22,27H,2-10,33H2,1H3,(H,34,38)(H,35,39)/t27-/m1/s1. The highest BCUT2D eigenvalue weighted by Gasteiger charge is 2.37. The highest BCUT2D eigenvalue weighted by Crippen LogP contribution is 2.35. The molecule has 0 bridgehead atoms. The van der Waals surface area contributed by atoms with Gasteiger partial charge in [0.25, 0.3) is 11.8 Å². The number of rotatable bonds is 9. The molecule has 0 radical (unpaired) electrons. The first-order valence-electron chi connectivity index (χ1n) is 14.4. The van der Waals surface area contributed by atoms with Crippen molar-refractivity contribution in [3.63, 3.8) is 0 Å². The molecule has 222 valence electrons. The lowest BCUT2D eigenvalue weighted by atomic mass is 9.95. The quantitative estimate of drug-likeness (QED) is 0.277. The summed E-state index contributed by atoms with van der Waals surface area (Å²) in [5.41, 5.74) is 7.51. The summed E-state index contributed by atoms with van der Waals surface area (Å²) >= 11 is 7.05. The third-order valence-corrected chi connectivity index (χ3v) is 9.14. The number of aromatic nitrogens is 1. The second kappa shape index (κ2) is 13.6. The van der Waals surface area contributed by atoms with Crippen LogP contribution in [0.25, 0.3) is 0 Å². The van der Waals surface area contributed by atoms with E-state index < -0.39 is 11.9 Å². The third-order valence-electron chi connectivity index (χ3n) is 8.04. The van der Waals surface area contributed by atoms with E-state index in [1.165, 1.54) is 4.90 Å². The molecule has 2 aliphatic rings. The Hall–Kier alpha value is -3.63. The molecule has 3 amide bonds. The van der Waals surface area contributed by atoms with E-state index in [2.05, 4.69) is 15.0 Å². The fourth-order valence-electron chi connectivity index (χ4n) is 5.76. The average molecular weight is 610 g/mol. The molecule has 11 heteroatoms. The number of nitrogens with two attached hydrogens (primary N) is 1. The van der Waals surface area contributed by atoms with Gasteiger partial charge in [-0.05, 0) is 79.2 Å². The molecule has 1 aromatic heterocycles. The molecule has 0 unspecified atom stereocenters. The monoisotopic (exact) mass is 609 g/mol. The zero-order valence-corrected chi connectivity index (χ0v) is 25.2. The molecule has 4 N–H and O–H groups in total. The van der Waals surface area contributed by atoms with Crippen LogP contribution < -0.4 is 26.0 Å². The zero-order chi connectivity index (χ0) is 29.6. The van der Waals surface area contributed by atoms with Crippen LogP contribution in [-0.4, -0.2) is 41.3 Å². The van der Waals surface area contributed by atoms with Crippen molar-refractivity contribution in [1.82, 2.24) is 15.0 Å². The predicted molar refractivity (Wildman–Crippen MR) is 165 cm³/mol. The van der Waals surface area contributed by atoms with Gasteiger partial charge in [0.1, 0.15) is 16.7 Å². The van der Waals surface area contributed by atoms with Crippen LogP contribution in [0.3, 0.4) is 0 Å². The Kier molecular flexibility index (Phi) is 9.64. The minimum Gasteiger partial charge on any atom is -0.497 e. The summed E-state index contributed by atoms with van der Waals surface area (Å²) in [6.45, 7) is 0. The van der Waals surface area contributed by atoms with Crippen LogP contribution in [0.1, 0.15) is 89.6 Å². The van der Waals surface area contributed by atoms with Gasteiger partial charge in [0.2, 0.25) is 5.91 Å². The molecule has 3 aromatic rings. The zero-order valence-electron chi connectivity index (χ0n) is 23.6. The number of carbonyl (C=O) groups excluding carboxylic acids is 3. The van der Waals surface area contributed by atoms with Crippen molar-refractivity contribution in [3.8, 4) is 5.75 Å². The SMILES string of the molecule is COc1ccc(N(C(=O)c2snc(C(=O)NC3CCCCC3)c2N)[C@@H](C(=O)NC2CCCC2)c2ccc(Cl)cc2)cc1. The first-order valence-corrected chi connectivity index (χ1v) is 15.6. The van der Waals surface area contributed by atoms with E-state index >= 15 is 0 Å². The maximum atomic E-state index is 14.4. The van der Waals surface area contributed by atoms with Gasteiger partial charge >= 0.3 is 0 Å². The highest BCUT2D eigenvalue weighted by molar-refractivity contribution is 7.09. The molecular formula is C31H36ClN5O4S. The number of amides is 3. The maximum Gasteiger partial charge on any atom is 0.273 e. The van der Waals surface area contributed by atoms with Crippen LogP contribution in [0.15, 0.2) is 48.5 Å². The predicted octanol–water partition coefficient (Wildman–Crippen LogP) is 5.90. The van der Waals surface area contributed by atoms with Gasteiger partial charge in [-0.3, -0.25) is 19.3 Å². The molecule has 2 fully saturated rings. The summed E-state index contributed by atoms with van der Waals surface area (Å²) in [7, 11) is 1.56. The Morgan fingerprint density at radius 2 is 1.52 bits per heavy atom. The Morgan fingerprint density at radius 3 is 2.14 bits per heavy atom. The molecular weight excluding hydrogens is 574 g/mol. The number of anilines is 2.